The molecule has 8 heteroatoms. The van der Waals surface area contributed by atoms with Gasteiger partial charge in [0.15, 0.2) is 6.10 Å². The highest BCUT2D eigenvalue weighted by atomic mass is 35.5. The van der Waals surface area contributed by atoms with E-state index >= 15 is 0 Å². The quantitative estimate of drug-likeness (QED) is 0.422. The van der Waals surface area contributed by atoms with E-state index in [2.05, 4.69) is 4.72 Å². The van der Waals surface area contributed by atoms with E-state index < -0.39 is 34.4 Å². The van der Waals surface area contributed by atoms with Crippen molar-refractivity contribution in [3.8, 4) is 0 Å². The monoisotopic (exact) mass is 443 g/mol. The lowest BCUT2D eigenvalue weighted by Gasteiger charge is -2.18. The Morgan fingerprint density at radius 3 is 2.03 bits per heavy atom. The van der Waals surface area contributed by atoms with E-state index in [1.807, 2.05) is 0 Å². The third-order valence-electron chi connectivity index (χ3n) is 4.18. The van der Waals surface area contributed by atoms with E-state index in [1.165, 1.54) is 12.1 Å². The number of Topliss-reactive ketones (excluding diaryl/α,β-unsaturated/α-hetero) is 1. The maximum Gasteiger partial charge on any atom is 0.322 e. The van der Waals surface area contributed by atoms with Crippen molar-refractivity contribution in [1.82, 2.24) is 4.72 Å². The number of sulfonamides is 1. The van der Waals surface area contributed by atoms with Gasteiger partial charge in [-0.15, -0.1) is 0 Å². The van der Waals surface area contributed by atoms with Crippen LogP contribution >= 0.6 is 11.6 Å². The second-order valence-electron chi connectivity index (χ2n) is 6.29. The molecular weight excluding hydrogens is 426 g/mol. The molecule has 0 aromatic heterocycles. The Morgan fingerprint density at radius 2 is 1.43 bits per heavy atom. The fourth-order valence-corrected chi connectivity index (χ4v) is 3.79. The maximum atomic E-state index is 12.9. The van der Waals surface area contributed by atoms with Gasteiger partial charge in [0.05, 0.1) is 4.90 Å². The van der Waals surface area contributed by atoms with Gasteiger partial charge in [-0.25, -0.2) is 8.42 Å². The first-order valence-corrected chi connectivity index (χ1v) is 10.8. The van der Waals surface area contributed by atoms with E-state index in [0.717, 1.165) is 0 Å². The molecule has 6 nitrogen and oxygen atoms in total. The molecule has 1 N–H and O–H groups in total. The van der Waals surface area contributed by atoms with Gasteiger partial charge in [-0.05, 0) is 24.3 Å². The van der Waals surface area contributed by atoms with Gasteiger partial charge in [0, 0.05) is 16.1 Å². The van der Waals surface area contributed by atoms with Gasteiger partial charge in [-0.3, -0.25) is 9.59 Å². The van der Waals surface area contributed by atoms with Crippen LogP contribution in [0.4, 0.5) is 0 Å². The van der Waals surface area contributed by atoms with E-state index in [9.17, 15) is 18.0 Å². The van der Waals surface area contributed by atoms with Crippen LogP contribution < -0.4 is 4.72 Å². The summed E-state index contributed by atoms with van der Waals surface area (Å²) < 4.78 is 32.1. The standard InChI is InChI=1S/C22H18ClNO5S/c23-18-13-11-17(12-14-18)22(21(26)16-7-3-1-4-8-16)29-20(25)15-24-30(27,28)19-9-5-2-6-10-19/h1-14,22,24H,15H2. The topological polar surface area (TPSA) is 89.5 Å². The minimum absolute atomic E-state index is 0.0208. The third kappa shape index (κ3) is 5.54. The molecule has 0 fully saturated rings. The van der Waals surface area contributed by atoms with Crippen LogP contribution in [0, 0.1) is 0 Å². The molecule has 0 radical (unpaired) electrons. The summed E-state index contributed by atoms with van der Waals surface area (Å²) in [6.45, 7) is -0.622. The molecule has 0 saturated heterocycles. The average molecular weight is 444 g/mol. The number of ketones is 1. The molecule has 0 bridgehead atoms. The molecule has 0 amide bonds. The summed E-state index contributed by atoms with van der Waals surface area (Å²) >= 11 is 5.91. The van der Waals surface area contributed by atoms with Crippen molar-refractivity contribution in [2.75, 3.05) is 6.54 Å². The summed E-state index contributed by atoms with van der Waals surface area (Å²) in [6.07, 6.45) is -1.24. The molecule has 1 unspecified atom stereocenters. The Hall–Kier alpha value is -3.00. The van der Waals surface area contributed by atoms with Crippen LogP contribution in [0.3, 0.4) is 0 Å². The molecule has 3 aromatic rings. The lowest BCUT2D eigenvalue weighted by molar-refractivity contribution is -0.145. The number of ether oxygens (including phenoxy) is 1. The summed E-state index contributed by atoms with van der Waals surface area (Å²) in [6, 6.07) is 22.3. The predicted molar refractivity (Wildman–Crippen MR) is 113 cm³/mol. The number of hydrogen-bond acceptors (Lipinski definition) is 5. The maximum absolute atomic E-state index is 12.9. The molecule has 3 aromatic carbocycles. The second-order valence-corrected chi connectivity index (χ2v) is 8.49. The van der Waals surface area contributed by atoms with Crippen LogP contribution in [0.25, 0.3) is 0 Å². The Morgan fingerprint density at radius 1 is 0.867 bits per heavy atom. The van der Waals surface area contributed by atoms with Crippen LogP contribution in [0.2, 0.25) is 5.02 Å². The number of rotatable bonds is 8. The summed E-state index contributed by atoms with van der Waals surface area (Å²) in [4.78, 5) is 25.3. The van der Waals surface area contributed by atoms with Crippen LogP contribution in [-0.4, -0.2) is 26.7 Å². The largest absolute Gasteiger partial charge is 0.448 e. The van der Waals surface area contributed by atoms with Crippen LogP contribution in [0.5, 0.6) is 0 Å². The zero-order chi connectivity index (χ0) is 21.6. The average Bonchev–Trinajstić information content (AvgIpc) is 2.77. The highest BCUT2D eigenvalue weighted by molar-refractivity contribution is 7.89. The predicted octanol–water partition coefficient (Wildman–Crippen LogP) is 3.79. The number of benzene rings is 3. The second kappa shape index (κ2) is 9.67. The molecule has 1 atom stereocenters. The van der Waals surface area contributed by atoms with E-state index in [1.54, 1.807) is 72.8 Å². The summed E-state index contributed by atoms with van der Waals surface area (Å²) in [5, 5.41) is 0.464. The Kier molecular flexibility index (Phi) is 6.99. The number of halogens is 1. The van der Waals surface area contributed by atoms with Crippen molar-refractivity contribution >= 4 is 33.4 Å². The van der Waals surface area contributed by atoms with Gasteiger partial charge >= 0.3 is 5.97 Å². The van der Waals surface area contributed by atoms with Crippen LogP contribution in [0.1, 0.15) is 22.0 Å². The van der Waals surface area contributed by atoms with Crippen molar-refractivity contribution in [3.63, 3.8) is 0 Å². The molecule has 0 aliphatic rings. The highest BCUT2D eigenvalue weighted by Gasteiger charge is 2.27. The number of nitrogens with one attached hydrogen (secondary N) is 1. The van der Waals surface area contributed by atoms with Gasteiger partial charge in [0.25, 0.3) is 0 Å². The zero-order valence-electron chi connectivity index (χ0n) is 15.7. The van der Waals surface area contributed by atoms with Crippen molar-refractivity contribution in [3.05, 3.63) is 101 Å². The van der Waals surface area contributed by atoms with Crippen molar-refractivity contribution in [1.29, 1.82) is 0 Å². The fourth-order valence-electron chi connectivity index (χ4n) is 2.67. The molecule has 0 heterocycles. The summed E-state index contributed by atoms with van der Waals surface area (Å²) in [5.74, 6) is -1.32. The van der Waals surface area contributed by atoms with Gasteiger partial charge in [-0.2, -0.15) is 4.72 Å². The summed E-state index contributed by atoms with van der Waals surface area (Å²) in [7, 11) is -3.89. The normalized spacial score (nSPS) is 12.2. The molecule has 0 aliphatic carbocycles. The molecule has 3 rings (SSSR count). The smallest absolute Gasteiger partial charge is 0.322 e. The first kappa shape index (κ1) is 21.7. The highest BCUT2D eigenvalue weighted by Crippen LogP contribution is 2.24. The fraction of sp³-hybridized carbons (Fsp3) is 0.0909. The first-order valence-electron chi connectivity index (χ1n) is 8.96. The van der Waals surface area contributed by atoms with Crippen LogP contribution in [0.15, 0.2) is 89.8 Å². The van der Waals surface area contributed by atoms with Gasteiger partial charge in [0.1, 0.15) is 6.54 Å². The Balaban J connectivity index is 1.76. The lowest BCUT2D eigenvalue weighted by Crippen LogP contribution is -2.32. The zero-order valence-corrected chi connectivity index (χ0v) is 17.3. The van der Waals surface area contributed by atoms with Gasteiger partial charge < -0.3 is 4.74 Å². The number of esters is 1. The van der Waals surface area contributed by atoms with Crippen molar-refractivity contribution in [2.45, 2.75) is 11.0 Å². The van der Waals surface area contributed by atoms with Crippen molar-refractivity contribution < 1.29 is 22.7 Å². The van der Waals surface area contributed by atoms with E-state index in [-0.39, 0.29) is 4.90 Å². The van der Waals surface area contributed by atoms with E-state index in [4.69, 9.17) is 16.3 Å². The molecule has 0 aliphatic heterocycles. The van der Waals surface area contributed by atoms with Crippen molar-refractivity contribution in [2.24, 2.45) is 0 Å². The number of carbonyl (C=O) groups excluding carboxylic acids is 2. The first-order chi connectivity index (χ1) is 14.4. The number of hydrogen-bond donors (Lipinski definition) is 1. The molecule has 0 spiro atoms. The summed E-state index contributed by atoms with van der Waals surface area (Å²) in [5.41, 5.74) is 0.780. The van der Waals surface area contributed by atoms with Gasteiger partial charge in [0.2, 0.25) is 15.8 Å². The lowest BCUT2D eigenvalue weighted by atomic mass is 10.00. The molecule has 30 heavy (non-hydrogen) atoms. The molecule has 0 saturated carbocycles. The van der Waals surface area contributed by atoms with E-state index in [0.29, 0.717) is 16.1 Å². The minimum Gasteiger partial charge on any atom is -0.448 e. The van der Waals surface area contributed by atoms with Crippen LogP contribution in [-0.2, 0) is 19.6 Å². The van der Waals surface area contributed by atoms with Gasteiger partial charge in [-0.1, -0.05) is 72.3 Å². The SMILES string of the molecule is O=C(CNS(=O)(=O)c1ccccc1)OC(C(=O)c1ccccc1)c1ccc(Cl)cc1. The Labute approximate surface area is 179 Å². The molecule has 154 valence electrons. The Bertz CT molecular complexity index is 1120. The minimum atomic E-state index is -3.89. The molecular formula is C22H18ClNO5S. The third-order valence-corrected chi connectivity index (χ3v) is 5.85. The number of carbonyl (C=O) groups is 2.